The molecule has 6 unspecified atom stereocenters. The van der Waals surface area contributed by atoms with Crippen molar-refractivity contribution in [2.24, 2.45) is 35.0 Å². The molecule has 74 valence electrons. The summed E-state index contributed by atoms with van der Waals surface area (Å²) < 4.78 is 0. The van der Waals surface area contributed by atoms with Crippen LogP contribution >= 0.6 is 0 Å². The van der Waals surface area contributed by atoms with E-state index in [1.165, 1.54) is 12.8 Å². The topological polar surface area (TPSA) is 0 Å². The summed E-state index contributed by atoms with van der Waals surface area (Å²) in [4.78, 5) is 0. The number of hydrogen-bond acceptors (Lipinski definition) is 0. The minimum absolute atomic E-state index is 0.840. The lowest BCUT2D eigenvalue weighted by molar-refractivity contribution is 0.170. The predicted molar refractivity (Wildman–Crippen MR) is 55.4 cm³/mol. The van der Waals surface area contributed by atoms with E-state index in [-0.39, 0.29) is 0 Å². The molecule has 0 aromatic carbocycles. The molecule has 3 saturated carbocycles. The molecule has 0 heterocycles. The van der Waals surface area contributed by atoms with Crippen molar-refractivity contribution in [2.75, 3.05) is 0 Å². The molecule has 3 aliphatic rings. The third-order valence-corrected chi connectivity index (χ3v) is 5.90. The van der Waals surface area contributed by atoms with Gasteiger partial charge in [-0.1, -0.05) is 27.2 Å². The summed E-state index contributed by atoms with van der Waals surface area (Å²) in [5, 5.41) is 0. The van der Waals surface area contributed by atoms with E-state index in [4.69, 9.17) is 0 Å². The van der Waals surface area contributed by atoms with Crippen molar-refractivity contribution in [1.29, 1.82) is 0 Å². The van der Waals surface area contributed by atoms with Crippen molar-refractivity contribution in [3.8, 4) is 0 Å². The second kappa shape index (κ2) is 2.32. The van der Waals surface area contributed by atoms with Crippen molar-refractivity contribution in [2.45, 2.75) is 46.5 Å². The molecule has 0 nitrogen and oxygen atoms in total. The van der Waals surface area contributed by atoms with Crippen LogP contribution in [0.4, 0.5) is 0 Å². The lowest BCUT2D eigenvalue weighted by Gasteiger charge is -2.34. The van der Waals surface area contributed by atoms with Crippen molar-refractivity contribution in [1.82, 2.24) is 0 Å². The predicted octanol–water partition coefficient (Wildman–Crippen LogP) is 3.71. The third-order valence-electron chi connectivity index (χ3n) is 5.90. The van der Waals surface area contributed by atoms with Crippen LogP contribution in [0.1, 0.15) is 46.5 Å². The number of hydrogen-bond donors (Lipinski definition) is 0. The minimum Gasteiger partial charge on any atom is -0.0622 e. The van der Waals surface area contributed by atoms with Gasteiger partial charge in [0, 0.05) is 0 Å². The van der Waals surface area contributed by atoms with Crippen LogP contribution in [0.15, 0.2) is 0 Å². The molecule has 0 aromatic rings. The second-order valence-electron chi connectivity index (χ2n) is 6.18. The fourth-order valence-electron chi connectivity index (χ4n) is 4.07. The fourth-order valence-corrected chi connectivity index (χ4v) is 4.07. The average molecular weight is 178 g/mol. The average Bonchev–Trinajstić information content (AvgIpc) is 2.88. The molecule has 0 aliphatic heterocycles. The third kappa shape index (κ3) is 0.926. The lowest BCUT2D eigenvalue weighted by atomic mass is 9.72. The Balaban J connectivity index is 1.42. The van der Waals surface area contributed by atoms with Crippen molar-refractivity contribution < 1.29 is 0 Å². The summed E-state index contributed by atoms with van der Waals surface area (Å²) in [6.45, 7) is 7.39. The highest BCUT2D eigenvalue weighted by molar-refractivity contribution is 5.27. The van der Waals surface area contributed by atoms with Crippen LogP contribution in [0.2, 0.25) is 0 Å². The van der Waals surface area contributed by atoms with E-state index in [1.807, 2.05) is 0 Å². The molecule has 0 radical (unpaired) electrons. The van der Waals surface area contributed by atoms with Gasteiger partial charge >= 0.3 is 0 Å². The Kier molecular flexibility index (Phi) is 1.49. The van der Waals surface area contributed by atoms with Gasteiger partial charge in [0.2, 0.25) is 0 Å². The first-order chi connectivity index (χ1) is 6.15. The molecular formula is C13H22. The van der Waals surface area contributed by atoms with Gasteiger partial charge in [0.15, 0.2) is 0 Å². The zero-order chi connectivity index (χ0) is 9.22. The van der Waals surface area contributed by atoms with Crippen LogP contribution in [0.5, 0.6) is 0 Å². The van der Waals surface area contributed by atoms with Gasteiger partial charge in [-0.05, 0) is 54.3 Å². The molecule has 0 bridgehead atoms. The van der Waals surface area contributed by atoms with Gasteiger partial charge in [-0.2, -0.15) is 0 Å². The van der Waals surface area contributed by atoms with E-state index in [2.05, 4.69) is 20.8 Å². The van der Waals surface area contributed by atoms with Crippen LogP contribution in [-0.2, 0) is 0 Å². The standard InChI is InChI=1S/C13H22/c1-8-4-5-10(8)6-7-11-12-9(2)13(11,12)3/h8-12H,4-7H2,1-3H3. The summed E-state index contributed by atoms with van der Waals surface area (Å²) in [7, 11) is 0. The molecule has 0 amide bonds. The lowest BCUT2D eigenvalue weighted by Crippen LogP contribution is -2.23. The van der Waals surface area contributed by atoms with Crippen LogP contribution in [0.25, 0.3) is 0 Å². The van der Waals surface area contributed by atoms with Crippen LogP contribution in [0, 0.1) is 35.0 Å². The highest BCUT2D eigenvalue weighted by atomic mass is 14.8. The molecule has 0 N–H and O–H groups in total. The Morgan fingerprint density at radius 1 is 1.15 bits per heavy atom. The summed E-state index contributed by atoms with van der Waals surface area (Å²) in [6.07, 6.45) is 6.14. The Hall–Kier alpha value is 0. The molecule has 0 heteroatoms. The monoisotopic (exact) mass is 178 g/mol. The highest BCUT2D eigenvalue weighted by Crippen LogP contribution is 2.84. The van der Waals surface area contributed by atoms with Crippen molar-refractivity contribution in [3.63, 3.8) is 0 Å². The summed E-state index contributed by atoms with van der Waals surface area (Å²) in [6, 6.07) is 0. The van der Waals surface area contributed by atoms with Gasteiger partial charge in [0.25, 0.3) is 0 Å². The maximum atomic E-state index is 2.51. The molecule has 6 atom stereocenters. The maximum absolute atomic E-state index is 2.51. The quantitative estimate of drug-likeness (QED) is 0.618. The largest absolute Gasteiger partial charge is 0.0622 e. The first kappa shape index (κ1) is 8.32. The number of fused-ring (bicyclic) bond motifs is 1. The van der Waals surface area contributed by atoms with E-state index in [1.54, 1.807) is 12.8 Å². The number of rotatable bonds is 3. The smallest absolute Gasteiger partial charge is 0.0232 e. The van der Waals surface area contributed by atoms with Crippen LogP contribution in [0.3, 0.4) is 0 Å². The summed E-state index contributed by atoms with van der Waals surface area (Å²) in [5.41, 5.74) is 0.840. The molecule has 0 spiro atoms. The Bertz CT molecular complexity index is 232. The van der Waals surface area contributed by atoms with E-state index >= 15 is 0 Å². The van der Waals surface area contributed by atoms with Crippen LogP contribution in [-0.4, -0.2) is 0 Å². The zero-order valence-electron chi connectivity index (χ0n) is 9.22. The fraction of sp³-hybridized carbons (Fsp3) is 1.00. The molecule has 13 heavy (non-hydrogen) atoms. The molecule has 3 aliphatic carbocycles. The maximum Gasteiger partial charge on any atom is -0.0232 e. The van der Waals surface area contributed by atoms with Crippen molar-refractivity contribution >= 4 is 0 Å². The van der Waals surface area contributed by atoms with Gasteiger partial charge < -0.3 is 0 Å². The normalized spacial score (nSPS) is 62.5. The summed E-state index contributed by atoms with van der Waals surface area (Å²) >= 11 is 0. The Morgan fingerprint density at radius 3 is 2.23 bits per heavy atom. The van der Waals surface area contributed by atoms with E-state index in [9.17, 15) is 0 Å². The van der Waals surface area contributed by atoms with E-state index in [0.717, 1.165) is 35.0 Å². The van der Waals surface area contributed by atoms with Gasteiger partial charge in [0.1, 0.15) is 0 Å². The second-order valence-corrected chi connectivity index (χ2v) is 6.18. The Labute approximate surface area is 82.1 Å². The summed E-state index contributed by atoms with van der Waals surface area (Å²) in [5.74, 6) is 5.55. The SMILES string of the molecule is CC1CCC1CCC1C2C(C)C12C. The minimum atomic E-state index is 0.840. The van der Waals surface area contributed by atoms with Gasteiger partial charge in [-0.3, -0.25) is 0 Å². The van der Waals surface area contributed by atoms with Gasteiger partial charge in [-0.15, -0.1) is 0 Å². The molecular weight excluding hydrogens is 156 g/mol. The molecule has 3 rings (SSSR count). The van der Waals surface area contributed by atoms with Crippen molar-refractivity contribution in [3.05, 3.63) is 0 Å². The molecule has 0 aromatic heterocycles. The molecule has 3 fully saturated rings. The van der Waals surface area contributed by atoms with Crippen LogP contribution < -0.4 is 0 Å². The zero-order valence-corrected chi connectivity index (χ0v) is 9.22. The first-order valence-corrected chi connectivity index (χ1v) is 6.15. The first-order valence-electron chi connectivity index (χ1n) is 6.15. The Morgan fingerprint density at radius 2 is 1.85 bits per heavy atom. The van der Waals surface area contributed by atoms with Gasteiger partial charge in [0.05, 0.1) is 0 Å². The highest BCUT2D eigenvalue weighted by Gasteiger charge is 2.80. The van der Waals surface area contributed by atoms with E-state index < -0.39 is 0 Å². The van der Waals surface area contributed by atoms with Gasteiger partial charge in [-0.25, -0.2) is 0 Å². The molecule has 0 saturated heterocycles. The van der Waals surface area contributed by atoms with E-state index in [0.29, 0.717) is 0 Å².